The number of hydrogen-bond acceptors (Lipinski definition) is 5. The van der Waals surface area contributed by atoms with E-state index in [4.69, 9.17) is 15.2 Å². The largest absolute Gasteiger partial charge is 0.480 e. The Bertz CT molecular complexity index is 378. The molecule has 1 aliphatic heterocycles. The number of carboxylic acid groups (broad SMARTS) is 1. The minimum absolute atomic E-state index is 0.0603. The zero-order chi connectivity index (χ0) is 16.7. The molecule has 1 rings (SSSR count). The maximum Gasteiger partial charge on any atom is 0.451 e. The second-order valence-electron chi connectivity index (χ2n) is 6.19. The minimum Gasteiger partial charge on any atom is -0.480 e. The van der Waals surface area contributed by atoms with Gasteiger partial charge < -0.3 is 25.4 Å². The van der Waals surface area contributed by atoms with Gasteiger partial charge in [-0.15, -0.1) is 0 Å². The third-order valence-electron chi connectivity index (χ3n) is 4.01. The third-order valence-corrected chi connectivity index (χ3v) is 4.01. The number of rotatable bonds is 6. The number of aliphatic carboxylic acids is 1. The van der Waals surface area contributed by atoms with Crippen LogP contribution >= 0.6 is 0 Å². The Balaban J connectivity index is 2.73. The highest BCUT2D eigenvalue weighted by atomic mass is 16.4. The second-order valence-corrected chi connectivity index (χ2v) is 6.19. The van der Waals surface area contributed by atoms with E-state index in [1.807, 2.05) is 18.7 Å². The first-order chi connectivity index (χ1) is 10.3. The van der Waals surface area contributed by atoms with Gasteiger partial charge in [0.15, 0.2) is 0 Å². The van der Waals surface area contributed by atoms with Crippen LogP contribution in [0.3, 0.4) is 0 Å². The van der Waals surface area contributed by atoms with Crippen molar-refractivity contribution >= 4 is 19.0 Å². The lowest BCUT2D eigenvalue weighted by Gasteiger charge is -2.36. The minimum atomic E-state index is -1.34. The molecule has 1 saturated heterocycles. The van der Waals surface area contributed by atoms with E-state index < -0.39 is 19.1 Å². The van der Waals surface area contributed by atoms with Gasteiger partial charge in [-0.3, -0.25) is 9.59 Å². The van der Waals surface area contributed by atoms with Gasteiger partial charge in [-0.2, -0.15) is 0 Å². The molecule has 7 nitrogen and oxygen atoms in total. The molecule has 0 bridgehead atoms. The maximum atomic E-state index is 12.4. The monoisotopic (exact) mass is 314 g/mol. The highest BCUT2D eigenvalue weighted by Crippen LogP contribution is 2.17. The molecule has 0 saturated carbocycles. The molecule has 0 aromatic heterocycles. The standard InChI is InChI=1S/C14H27BN2O5/c1-10(2)13(18)17-8-4-6-12(14(19)20)16-9-11(17)5-3-7-15(21)22/h10-12,16,21-22H,3-9H2,1-2H3,(H,19,20)/t11-,12+/m1/s1. The van der Waals surface area contributed by atoms with E-state index in [1.165, 1.54) is 0 Å². The van der Waals surface area contributed by atoms with E-state index >= 15 is 0 Å². The molecule has 0 radical (unpaired) electrons. The fourth-order valence-electron chi connectivity index (χ4n) is 2.77. The smallest absolute Gasteiger partial charge is 0.451 e. The average molecular weight is 314 g/mol. The first-order valence-electron chi connectivity index (χ1n) is 7.95. The number of nitrogens with one attached hydrogen (secondary N) is 1. The van der Waals surface area contributed by atoms with Gasteiger partial charge >= 0.3 is 13.1 Å². The lowest BCUT2D eigenvalue weighted by atomic mass is 9.83. The van der Waals surface area contributed by atoms with Gasteiger partial charge in [-0.25, -0.2) is 0 Å². The summed E-state index contributed by atoms with van der Waals surface area (Å²) in [5.74, 6) is -0.918. The molecule has 2 atom stereocenters. The maximum absolute atomic E-state index is 12.4. The summed E-state index contributed by atoms with van der Waals surface area (Å²) in [7, 11) is -1.34. The molecule has 1 heterocycles. The molecular formula is C14H27BN2O5. The van der Waals surface area contributed by atoms with Crippen LogP contribution in [0.5, 0.6) is 0 Å². The quantitative estimate of drug-likeness (QED) is 0.511. The predicted octanol–water partition coefficient (Wildman–Crippen LogP) is -0.0708. The number of carboxylic acids is 1. The molecule has 0 aliphatic carbocycles. The normalized spacial score (nSPS) is 23.0. The Kier molecular flexibility index (Phi) is 7.85. The molecule has 0 unspecified atom stereocenters. The van der Waals surface area contributed by atoms with Crippen LogP contribution in [0.4, 0.5) is 0 Å². The third kappa shape index (κ3) is 5.94. The molecule has 1 amide bonds. The van der Waals surface area contributed by atoms with E-state index in [0.29, 0.717) is 38.8 Å². The zero-order valence-electron chi connectivity index (χ0n) is 13.4. The Morgan fingerprint density at radius 1 is 1.36 bits per heavy atom. The Morgan fingerprint density at radius 3 is 2.59 bits per heavy atom. The summed E-state index contributed by atoms with van der Waals surface area (Å²) >= 11 is 0. The van der Waals surface area contributed by atoms with Crippen molar-refractivity contribution in [3.8, 4) is 0 Å². The Hall–Kier alpha value is -1.12. The number of amides is 1. The summed E-state index contributed by atoms with van der Waals surface area (Å²) in [4.78, 5) is 25.3. The molecule has 22 heavy (non-hydrogen) atoms. The zero-order valence-corrected chi connectivity index (χ0v) is 13.4. The highest BCUT2D eigenvalue weighted by Gasteiger charge is 2.29. The Morgan fingerprint density at radius 2 is 2.05 bits per heavy atom. The van der Waals surface area contributed by atoms with Crippen molar-refractivity contribution in [1.82, 2.24) is 10.2 Å². The number of hydrogen-bond donors (Lipinski definition) is 4. The van der Waals surface area contributed by atoms with Crippen LogP contribution in [-0.4, -0.2) is 64.2 Å². The van der Waals surface area contributed by atoms with E-state index in [9.17, 15) is 9.59 Å². The van der Waals surface area contributed by atoms with E-state index in [-0.39, 0.29) is 24.2 Å². The molecule has 1 aliphatic rings. The summed E-state index contributed by atoms with van der Waals surface area (Å²) in [5, 5.41) is 30.0. The molecule has 0 spiro atoms. The summed E-state index contributed by atoms with van der Waals surface area (Å²) < 4.78 is 0. The lowest BCUT2D eigenvalue weighted by molar-refractivity contribution is -0.140. The Labute approximate surface area is 131 Å². The topological polar surface area (TPSA) is 110 Å². The van der Waals surface area contributed by atoms with Crippen LogP contribution in [0, 0.1) is 5.92 Å². The molecule has 1 fully saturated rings. The molecule has 8 heteroatoms. The van der Waals surface area contributed by atoms with Crippen LogP contribution in [0.25, 0.3) is 0 Å². The number of carbonyl (C=O) groups is 2. The van der Waals surface area contributed by atoms with Crippen molar-refractivity contribution in [2.24, 2.45) is 5.92 Å². The SMILES string of the molecule is CC(C)C(=O)N1CCC[C@@H](C(=O)O)NC[C@H]1CCCB(O)O. The van der Waals surface area contributed by atoms with Crippen LogP contribution in [0.2, 0.25) is 6.32 Å². The second kappa shape index (κ2) is 9.12. The average Bonchev–Trinajstić information content (AvgIpc) is 2.40. The fourth-order valence-corrected chi connectivity index (χ4v) is 2.77. The first kappa shape index (κ1) is 18.9. The van der Waals surface area contributed by atoms with Gasteiger partial charge in [0.2, 0.25) is 5.91 Å². The van der Waals surface area contributed by atoms with Crippen molar-refractivity contribution in [2.45, 2.75) is 57.9 Å². The van der Waals surface area contributed by atoms with Crippen LogP contribution in [0.1, 0.15) is 39.5 Å². The van der Waals surface area contributed by atoms with E-state index in [2.05, 4.69) is 5.32 Å². The fraction of sp³-hybridized carbons (Fsp3) is 0.857. The summed E-state index contributed by atoms with van der Waals surface area (Å²) in [6.45, 7) is 4.66. The van der Waals surface area contributed by atoms with Crippen molar-refractivity contribution in [3.63, 3.8) is 0 Å². The van der Waals surface area contributed by atoms with Crippen molar-refractivity contribution in [2.75, 3.05) is 13.1 Å². The van der Waals surface area contributed by atoms with Gasteiger partial charge in [-0.05, 0) is 25.6 Å². The van der Waals surface area contributed by atoms with Crippen molar-refractivity contribution in [1.29, 1.82) is 0 Å². The summed E-state index contributed by atoms with van der Waals surface area (Å²) in [6, 6.07) is -0.696. The molecule has 4 N–H and O–H groups in total. The number of carbonyl (C=O) groups excluding carboxylic acids is 1. The van der Waals surface area contributed by atoms with Gasteiger partial charge in [0.05, 0.1) is 0 Å². The van der Waals surface area contributed by atoms with Gasteiger partial charge in [0.1, 0.15) is 6.04 Å². The lowest BCUT2D eigenvalue weighted by Crippen LogP contribution is -2.53. The highest BCUT2D eigenvalue weighted by molar-refractivity contribution is 6.40. The van der Waals surface area contributed by atoms with Gasteiger partial charge in [0, 0.05) is 25.0 Å². The van der Waals surface area contributed by atoms with Crippen LogP contribution < -0.4 is 5.32 Å². The summed E-state index contributed by atoms with van der Waals surface area (Å²) in [5.41, 5.74) is 0. The molecule has 0 aromatic rings. The predicted molar refractivity (Wildman–Crippen MR) is 83.2 cm³/mol. The van der Waals surface area contributed by atoms with Crippen molar-refractivity contribution in [3.05, 3.63) is 0 Å². The molecule has 126 valence electrons. The first-order valence-corrected chi connectivity index (χ1v) is 7.95. The molecule has 0 aromatic carbocycles. The van der Waals surface area contributed by atoms with Crippen molar-refractivity contribution < 1.29 is 24.7 Å². The van der Waals surface area contributed by atoms with Crippen LogP contribution in [0.15, 0.2) is 0 Å². The molecular weight excluding hydrogens is 287 g/mol. The van der Waals surface area contributed by atoms with Gasteiger partial charge in [-0.1, -0.05) is 20.3 Å². The van der Waals surface area contributed by atoms with E-state index in [1.54, 1.807) is 0 Å². The van der Waals surface area contributed by atoms with E-state index in [0.717, 1.165) is 0 Å². The number of nitrogens with zero attached hydrogens (tertiary/aromatic N) is 1. The summed E-state index contributed by atoms with van der Waals surface area (Å²) in [6.07, 6.45) is 2.59. The van der Waals surface area contributed by atoms with Gasteiger partial charge in [0.25, 0.3) is 0 Å². The van der Waals surface area contributed by atoms with Crippen LogP contribution in [-0.2, 0) is 9.59 Å².